The van der Waals surface area contributed by atoms with Crippen LogP contribution >= 0.6 is 0 Å². The minimum atomic E-state index is -0.512. The first-order chi connectivity index (χ1) is 7.17. The molecule has 0 saturated carbocycles. The van der Waals surface area contributed by atoms with Crippen LogP contribution in [0.15, 0.2) is 30.9 Å². The third-order valence-electron chi connectivity index (χ3n) is 1.64. The fourth-order valence-electron chi connectivity index (χ4n) is 1.01. The molecule has 3 N–H and O–H groups in total. The molecule has 0 aliphatic carbocycles. The zero-order valence-corrected chi connectivity index (χ0v) is 7.97. The number of hydrazine groups is 1. The Morgan fingerprint density at radius 3 is 2.87 bits per heavy atom. The second-order valence-corrected chi connectivity index (χ2v) is 2.72. The average molecular weight is 209 g/mol. The van der Waals surface area contributed by atoms with Gasteiger partial charge in [-0.2, -0.15) is 0 Å². The zero-order valence-electron chi connectivity index (χ0n) is 7.97. The largest absolute Gasteiger partial charge is 0.489 e. The Morgan fingerprint density at radius 1 is 1.60 bits per heavy atom. The van der Waals surface area contributed by atoms with Crippen molar-refractivity contribution < 1.29 is 9.66 Å². The highest BCUT2D eigenvalue weighted by molar-refractivity contribution is 5.55. The third-order valence-corrected chi connectivity index (χ3v) is 1.64. The number of nitrogens with zero attached hydrogens (tertiary/aromatic N) is 1. The second-order valence-electron chi connectivity index (χ2n) is 2.72. The van der Waals surface area contributed by atoms with Crippen LogP contribution in [0.4, 0.5) is 11.4 Å². The highest BCUT2D eigenvalue weighted by atomic mass is 16.6. The normalized spacial score (nSPS) is 9.40. The number of ether oxygens (including phenoxy) is 1. The summed E-state index contributed by atoms with van der Waals surface area (Å²) >= 11 is 0. The Kier molecular flexibility index (Phi) is 3.64. The molecule has 0 heterocycles. The molecule has 0 aromatic heterocycles. The fraction of sp³-hybridized carbons (Fsp3) is 0.111. The van der Waals surface area contributed by atoms with Gasteiger partial charge in [0.15, 0.2) is 0 Å². The lowest BCUT2D eigenvalue weighted by Crippen LogP contribution is -2.07. The number of nitrogen functional groups attached to an aromatic ring is 1. The van der Waals surface area contributed by atoms with E-state index in [1.165, 1.54) is 12.1 Å². The molecule has 6 nitrogen and oxygen atoms in total. The number of nitro benzene ring substituents is 1. The molecule has 0 saturated heterocycles. The fourth-order valence-corrected chi connectivity index (χ4v) is 1.01. The summed E-state index contributed by atoms with van der Waals surface area (Å²) in [4.78, 5) is 10.0. The van der Waals surface area contributed by atoms with E-state index in [0.717, 1.165) is 0 Å². The lowest BCUT2D eigenvalue weighted by molar-refractivity contribution is -0.384. The van der Waals surface area contributed by atoms with Crippen molar-refractivity contribution >= 4 is 11.4 Å². The first-order valence-corrected chi connectivity index (χ1v) is 4.17. The van der Waals surface area contributed by atoms with Gasteiger partial charge in [-0.25, -0.2) is 0 Å². The van der Waals surface area contributed by atoms with Crippen LogP contribution in [0.1, 0.15) is 0 Å². The molecule has 0 spiro atoms. The van der Waals surface area contributed by atoms with Gasteiger partial charge < -0.3 is 10.2 Å². The summed E-state index contributed by atoms with van der Waals surface area (Å²) in [6, 6.07) is 4.21. The van der Waals surface area contributed by atoms with Crippen LogP contribution in [0.2, 0.25) is 0 Å². The van der Waals surface area contributed by atoms with Crippen molar-refractivity contribution in [2.24, 2.45) is 5.84 Å². The Labute approximate surface area is 86.5 Å². The maximum Gasteiger partial charge on any atom is 0.275 e. The van der Waals surface area contributed by atoms with E-state index in [2.05, 4.69) is 12.0 Å². The van der Waals surface area contributed by atoms with Crippen LogP contribution in [0, 0.1) is 10.1 Å². The van der Waals surface area contributed by atoms with Gasteiger partial charge in [-0.15, -0.1) is 0 Å². The van der Waals surface area contributed by atoms with Gasteiger partial charge in [0.1, 0.15) is 12.4 Å². The van der Waals surface area contributed by atoms with E-state index < -0.39 is 4.92 Å². The van der Waals surface area contributed by atoms with Crippen molar-refractivity contribution in [3.8, 4) is 5.75 Å². The number of benzene rings is 1. The van der Waals surface area contributed by atoms with E-state index in [1.807, 2.05) is 0 Å². The average Bonchev–Trinajstić information content (AvgIpc) is 2.25. The van der Waals surface area contributed by atoms with Gasteiger partial charge in [-0.05, 0) is 0 Å². The van der Waals surface area contributed by atoms with Gasteiger partial charge >= 0.3 is 0 Å². The summed E-state index contributed by atoms with van der Waals surface area (Å²) in [7, 11) is 0. The maximum absolute atomic E-state index is 10.6. The van der Waals surface area contributed by atoms with Crippen molar-refractivity contribution in [2.45, 2.75) is 0 Å². The highest BCUT2D eigenvalue weighted by Gasteiger charge is 2.09. The van der Waals surface area contributed by atoms with Crippen LogP contribution in [0.5, 0.6) is 5.75 Å². The Morgan fingerprint density at radius 2 is 2.33 bits per heavy atom. The molecule has 0 atom stereocenters. The molecule has 1 aromatic rings. The van der Waals surface area contributed by atoms with Gasteiger partial charge in [0.05, 0.1) is 16.7 Å². The number of nitro groups is 1. The number of hydrogen-bond donors (Lipinski definition) is 2. The molecule has 0 unspecified atom stereocenters. The van der Waals surface area contributed by atoms with Gasteiger partial charge in [-0.1, -0.05) is 12.7 Å². The smallest absolute Gasteiger partial charge is 0.275 e. The minimum absolute atomic E-state index is 0.0792. The molecular weight excluding hydrogens is 198 g/mol. The lowest BCUT2D eigenvalue weighted by atomic mass is 10.2. The Hall–Kier alpha value is -2.08. The maximum atomic E-state index is 10.6. The topological polar surface area (TPSA) is 90.4 Å². The molecule has 15 heavy (non-hydrogen) atoms. The zero-order chi connectivity index (χ0) is 11.3. The highest BCUT2D eigenvalue weighted by Crippen LogP contribution is 2.25. The Balaban J connectivity index is 2.99. The number of hydrogen-bond acceptors (Lipinski definition) is 5. The quantitative estimate of drug-likeness (QED) is 0.331. The lowest BCUT2D eigenvalue weighted by Gasteiger charge is -2.05. The number of rotatable bonds is 5. The summed E-state index contributed by atoms with van der Waals surface area (Å²) in [5.41, 5.74) is 2.67. The van der Waals surface area contributed by atoms with E-state index in [-0.39, 0.29) is 12.3 Å². The third kappa shape index (κ3) is 2.96. The summed E-state index contributed by atoms with van der Waals surface area (Å²) < 4.78 is 5.17. The molecular formula is C9H11N3O3. The standard InChI is InChI=1S/C9H11N3O3/c1-2-3-15-9-5-7(11-10)4-8(6-9)12(13)14/h2,4-6,11H,1,3,10H2. The van der Waals surface area contributed by atoms with Crippen molar-refractivity contribution in [2.75, 3.05) is 12.0 Å². The van der Waals surface area contributed by atoms with Crippen LogP contribution in [-0.4, -0.2) is 11.5 Å². The molecule has 1 rings (SSSR count). The molecule has 0 fully saturated rings. The molecule has 0 aliphatic rings. The summed E-state index contributed by atoms with van der Waals surface area (Å²) in [5.74, 6) is 5.54. The molecule has 0 aliphatic heterocycles. The number of nitrogens with one attached hydrogen (secondary N) is 1. The van der Waals surface area contributed by atoms with Crippen LogP contribution in [0.3, 0.4) is 0 Å². The number of non-ortho nitro benzene ring substituents is 1. The molecule has 80 valence electrons. The van der Waals surface area contributed by atoms with E-state index in [9.17, 15) is 10.1 Å². The second kappa shape index (κ2) is 4.97. The van der Waals surface area contributed by atoms with Gasteiger partial charge in [0, 0.05) is 12.1 Å². The summed E-state index contributed by atoms with van der Waals surface area (Å²) in [5, 5.41) is 10.6. The SMILES string of the molecule is C=CCOc1cc(NN)cc([N+](=O)[O-])c1. The minimum Gasteiger partial charge on any atom is -0.489 e. The molecule has 0 radical (unpaired) electrons. The molecule has 6 heteroatoms. The van der Waals surface area contributed by atoms with E-state index in [0.29, 0.717) is 11.4 Å². The Bertz CT molecular complexity index is 379. The van der Waals surface area contributed by atoms with Crippen molar-refractivity contribution in [1.82, 2.24) is 0 Å². The molecule has 0 amide bonds. The van der Waals surface area contributed by atoms with Gasteiger partial charge in [-0.3, -0.25) is 16.0 Å². The van der Waals surface area contributed by atoms with Crippen molar-refractivity contribution in [3.05, 3.63) is 41.0 Å². The van der Waals surface area contributed by atoms with Crippen LogP contribution < -0.4 is 16.0 Å². The summed E-state index contributed by atoms with van der Waals surface area (Å²) in [6.07, 6.45) is 1.55. The van der Waals surface area contributed by atoms with E-state index in [4.69, 9.17) is 10.6 Å². The van der Waals surface area contributed by atoms with E-state index in [1.54, 1.807) is 12.1 Å². The molecule has 0 bridgehead atoms. The van der Waals surface area contributed by atoms with Crippen LogP contribution in [-0.2, 0) is 0 Å². The predicted octanol–water partition coefficient (Wildman–Crippen LogP) is 1.45. The van der Waals surface area contributed by atoms with Crippen molar-refractivity contribution in [3.63, 3.8) is 0 Å². The van der Waals surface area contributed by atoms with Gasteiger partial charge in [0.25, 0.3) is 5.69 Å². The summed E-state index contributed by atoms with van der Waals surface area (Å²) in [6.45, 7) is 3.76. The van der Waals surface area contributed by atoms with Crippen molar-refractivity contribution in [1.29, 1.82) is 0 Å². The number of nitrogens with two attached hydrogens (primary N) is 1. The first-order valence-electron chi connectivity index (χ1n) is 4.17. The molecule has 1 aromatic carbocycles. The van der Waals surface area contributed by atoms with Crippen LogP contribution in [0.25, 0.3) is 0 Å². The number of anilines is 1. The predicted molar refractivity (Wildman–Crippen MR) is 56.6 cm³/mol. The monoisotopic (exact) mass is 209 g/mol. The first kappa shape index (κ1) is 11.0. The van der Waals surface area contributed by atoms with E-state index >= 15 is 0 Å². The van der Waals surface area contributed by atoms with Gasteiger partial charge in [0.2, 0.25) is 0 Å².